The molecule has 6 N–H and O–H groups in total. The third-order valence-electron chi connectivity index (χ3n) is 18.3. The summed E-state index contributed by atoms with van der Waals surface area (Å²) in [6.07, 6.45) is 59.0. The molecule has 2 aliphatic heterocycles. The predicted octanol–water partition coefficient (Wildman–Crippen LogP) is 18.5. The van der Waals surface area contributed by atoms with Crippen LogP contribution in [0.3, 0.4) is 0 Å². The Hall–Kier alpha value is -6.78. The molecule has 2 aliphatic rings. The summed E-state index contributed by atoms with van der Waals surface area (Å²) in [7, 11) is 0. The van der Waals surface area contributed by atoms with E-state index in [1.54, 1.807) is 0 Å². The lowest BCUT2D eigenvalue weighted by Gasteiger charge is -2.36. The third-order valence-corrected chi connectivity index (χ3v) is 18.3. The summed E-state index contributed by atoms with van der Waals surface area (Å²) in [6.45, 7) is 20.0. The molecule has 2 bridgehead atoms. The maximum Gasteiger partial charge on any atom is 0.306 e. The van der Waals surface area contributed by atoms with Crippen LogP contribution in [0.4, 0.5) is 0 Å². The van der Waals surface area contributed by atoms with E-state index in [4.69, 9.17) is 64.1 Å². The molecule has 0 amide bonds. The lowest BCUT2D eigenvalue weighted by Crippen LogP contribution is -2.31. The number of fused-ring (bicyclic) bond motifs is 6. The Bertz CT molecular complexity index is 2480. The summed E-state index contributed by atoms with van der Waals surface area (Å²) >= 11 is 0. The van der Waals surface area contributed by atoms with Gasteiger partial charge in [-0.25, -0.2) is 0 Å². The third kappa shape index (κ3) is 64.9. The number of carbonyl (C=O) groups is 8. The van der Waals surface area contributed by atoms with Crippen molar-refractivity contribution in [1.82, 2.24) is 0 Å². The van der Waals surface area contributed by atoms with E-state index in [-0.39, 0.29) is 107 Å². The molecule has 0 aromatic carbocycles. The lowest BCUT2D eigenvalue weighted by molar-refractivity contribution is -0.176. The number of rotatable bonds is 42. The number of esters is 7. The van der Waals surface area contributed by atoms with E-state index in [9.17, 15) is 38.4 Å². The van der Waals surface area contributed by atoms with Crippen molar-refractivity contribution in [2.45, 2.75) is 312 Å². The van der Waals surface area contributed by atoms with E-state index in [0.29, 0.717) is 80.5 Å². The van der Waals surface area contributed by atoms with Crippen molar-refractivity contribution >= 4 is 47.8 Å². The Morgan fingerprint density at radius 1 is 0.495 bits per heavy atom. The molecule has 0 aromatic rings. The fraction of sp³-hybridized carbons (Fsp3) is 0.698. The number of cyclic esters (lactones) is 2. The fourth-order valence-corrected chi connectivity index (χ4v) is 12.1. The molecule has 2 rings (SSSR count). The molecular weight excluding hydrogens is 1370 g/mol. The van der Waals surface area contributed by atoms with E-state index >= 15 is 0 Å². The first-order valence-corrected chi connectivity index (χ1v) is 40.0. The smallest absolute Gasteiger partial charge is 0.306 e. The first-order chi connectivity index (χ1) is 51.7. The SMILES string of the molecule is C/C=C/C=C/CCCC(=O)O.C/C=C/C=C/CCCC(=O)OCC(COC(=O)CCC/C=C/C=C/C)OC(=O)CCC/C=C/C=C/C.CCCCC1CCCC(=O)OCC2COC(=O)CCCC(C(C)C/C=C/CCCC(=O)OC(CC)CC)CC(CC)C(CC)CC1CCCC(=O)O2.OCC(O)CO.OO. The van der Waals surface area contributed by atoms with Crippen molar-refractivity contribution in [3.63, 3.8) is 0 Å². The van der Waals surface area contributed by atoms with Gasteiger partial charge in [0.05, 0.1) is 13.2 Å². The molecule has 0 spiro atoms. The van der Waals surface area contributed by atoms with Crippen molar-refractivity contribution < 1.29 is 102 Å². The maximum atomic E-state index is 12.9. The number of hydrogen-bond acceptors (Lipinski definition) is 20. The molecule has 614 valence electrons. The van der Waals surface area contributed by atoms with Crippen molar-refractivity contribution in [2.75, 3.05) is 39.6 Å². The van der Waals surface area contributed by atoms with Crippen LogP contribution >= 0.6 is 0 Å². The van der Waals surface area contributed by atoms with Crippen molar-refractivity contribution in [3.8, 4) is 0 Å². The van der Waals surface area contributed by atoms with E-state index < -0.39 is 30.3 Å². The summed E-state index contributed by atoms with van der Waals surface area (Å²) in [6, 6.07) is 0. The zero-order valence-electron chi connectivity index (χ0n) is 67.3. The Morgan fingerprint density at radius 3 is 1.33 bits per heavy atom. The second-order valence-electron chi connectivity index (χ2n) is 27.2. The van der Waals surface area contributed by atoms with E-state index in [0.717, 1.165) is 141 Å². The Labute approximate surface area is 643 Å². The van der Waals surface area contributed by atoms with Gasteiger partial charge in [-0.15, -0.1) is 0 Å². The highest BCUT2D eigenvalue weighted by Crippen LogP contribution is 2.41. The van der Waals surface area contributed by atoms with E-state index in [2.05, 4.69) is 53.7 Å². The number of ether oxygens (including phenoxy) is 7. The minimum Gasteiger partial charge on any atom is -0.481 e. The van der Waals surface area contributed by atoms with Gasteiger partial charge in [-0.3, -0.25) is 48.9 Å². The van der Waals surface area contributed by atoms with Crippen LogP contribution in [0.2, 0.25) is 0 Å². The Balaban J connectivity index is -0.00000168. The molecule has 0 saturated carbocycles. The van der Waals surface area contributed by atoms with Gasteiger partial charge in [0.1, 0.15) is 38.6 Å². The zero-order chi connectivity index (χ0) is 80.4. The quantitative estimate of drug-likeness (QED) is 0.00629. The second kappa shape index (κ2) is 76.0. The molecule has 7 unspecified atom stereocenters. The fourth-order valence-electron chi connectivity index (χ4n) is 12.1. The summed E-state index contributed by atoms with van der Waals surface area (Å²) in [5, 5.41) is 44.3. The first kappa shape index (κ1) is 104. The van der Waals surface area contributed by atoms with Gasteiger partial charge in [0.15, 0.2) is 12.2 Å². The van der Waals surface area contributed by atoms with Gasteiger partial charge in [0.25, 0.3) is 0 Å². The van der Waals surface area contributed by atoms with E-state index in [1.165, 1.54) is 6.42 Å². The number of hydrogen-bond donors (Lipinski definition) is 6. The average Bonchev–Trinajstić information content (AvgIpc) is 0.868. The van der Waals surface area contributed by atoms with Gasteiger partial charge >= 0.3 is 47.8 Å². The molecular formula is C86H144O21. The van der Waals surface area contributed by atoms with Crippen LogP contribution in [0.5, 0.6) is 0 Å². The first-order valence-electron chi connectivity index (χ1n) is 40.0. The average molecular weight is 1510 g/mol. The minimum absolute atomic E-state index is 0.0271. The van der Waals surface area contributed by atoms with Gasteiger partial charge in [0.2, 0.25) is 0 Å². The monoisotopic (exact) mass is 1510 g/mol. The number of aliphatic carboxylic acids is 1. The summed E-state index contributed by atoms with van der Waals surface area (Å²) in [4.78, 5) is 97.2. The van der Waals surface area contributed by atoms with Gasteiger partial charge in [-0.1, -0.05) is 183 Å². The zero-order valence-corrected chi connectivity index (χ0v) is 67.3. The lowest BCUT2D eigenvalue weighted by atomic mass is 9.69. The molecule has 0 aromatic heterocycles. The normalized spacial score (nSPS) is 19.1. The highest BCUT2D eigenvalue weighted by atomic mass is 17.0. The molecule has 0 radical (unpaired) electrons. The van der Waals surface area contributed by atoms with Gasteiger partial charge in [-0.2, -0.15) is 0 Å². The molecule has 21 heteroatoms. The summed E-state index contributed by atoms with van der Waals surface area (Å²) in [5.41, 5.74) is 0. The summed E-state index contributed by atoms with van der Waals surface area (Å²) < 4.78 is 38.4. The Morgan fingerprint density at radius 2 is 0.907 bits per heavy atom. The van der Waals surface area contributed by atoms with Crippen molar-refractivity contribution in [2.24, 2.45) is 35.5 Å². The minimum atomic E-state index is -0.954. The van der Waals surface area contributed by atoms with Crippen molar-refractivity contribution in [3.05, 3.63) is 109 Å². The molecule has 2 heterocycles. The van der Waals surface area contributed by atoms with Gasteiger partial charge in [0, 0.05) is 51.4 Å². The van der Waals surface area contributed by atoms with Crippen LogP contribution in [0.25, 0.3) is 0 Å². The van der Waals surface area contributed by atoms with Crippen LogP contribution in [-0.4, -0.2) is 143 Å². The highest BCUT2D eigenvalue weighted by molar-refractivity contribution is 5.72. The second-order valence-corrected chi connectivity index (χ2v) is 27.2. The molecule has 2 fully saturated rings. The molecule has 7 atom stereocenters. The number of unbranched alkanes of at least 4 members (excludes halogenated alkanes) is 6. The van der Waals surface area contributed by atoms with Crippen LogP contribution in [0, 0.1) is 35.5 Å². The Kier molecular flexibility index (Phi) is 74.2. The number of carboxylic acid groups (broad SMARTS) is 1. The number of aliphatic hydroxyl groups excluding tert-OH is 3. The molecule has 21 nitrogen and oxygen atoms in total. The predicted molar refractivity (Wildman–Crippen MR) is 423 cm³/mol. The maximum absolute atomic E-state index is 12.9. The summed E-state index contributed by atoms with van der Waals surface area (Å²) in [5.74, 6) is 0.260. The van der Waals surface area contributed by atoms with Crippen LogP contribution < -0.4 is 0 Å². The molecule has 0 aliphatic carbocycles. The molecule has 107 heavy (non-hydrogen) atoms. The topological polar surface area (TPSA) is 323 Å². The van der Waals surface area contributed by atoms with Crippen LogP contribution in [0.15, 0.2) is 109 Å². The van der Waals surface area contributed by atoms with Crippen molar-refractivity contribution in [1.29, 1.82) is 0 Å². The standard InChI is InChI=1S/C44H76O8.C30H44O6.C9H14O2.C3H8O3.H2O2/c1-7-12-21-36-22-17-26-41(45)49-31-40-32-50-42(46)27-18-23-37(33(6)20-15-13-14-16-25-43(47)51-39(10-4)11-5)29-34(8-2)35(9-3)30-38(36)24-19-28-44(48)52-40;1-4-7-10-13-16-19-22-28(31)34-25-27(36-30(33)24-21-18-15-12-9-6-3)26-35-29(32)23-20-17-14-11-8-5-2;1-2-3-4-5-6-7-8-9(10)11;4-1-3(6)2-5;1-2/h13,15,33-40H,7-12,14,16-32H2,1-6H3;4-15,27H,16-26H2,1-3H3;2-5H,6-8H2,1H3,(H,10,11);3-6H,1-2H2;1-2H/b15-13+;7-4+,8-5+,9-6+,13-10+,14-11+,15-12+;3-2+,5-4+;;. The van der Waals surface area contributed by atoms with Crippen LogP contribution in [0.1, 0.15) is 288 Å². The largest absolute Gasteiger partial charge is 0.481 e. The number of carbonyl (C=O) groups excluding carboxylic acids is 7. The van der Waals surface area contributed by atoms with E-state index in [1.807, 2.05) is 125 Å². The number of carboxylic acids is 1. The number of aliphatic hydroxyl groups is 3. The highest BCUT2D eigenvalue weighted by Gasteiger charge is 2.32. The van der Waals surface area contributed by atoms with Crippen LogP contribution in [-0.2, 0) is 71.5 Å². The van der Waals surface area contributed by atoms with Gasteiger partial charge in [-0.05, 0) is 198 Å². The van der Waals surface area contributed by atoms with Gasteiger partial charge < -0.3 is 53.6 Å². The number of allylic oxidation sites excluding steroid dienone is 18. The molecule has 2 saturated heterocycles.